The van der Waals surface area contributed by atoms with Gasteiger partial charge in [0.1, 0.15) is 19.0 Å². The normalized spacial score (nSPS) is 17.7. The van der Waals surface area contributed by atoms with Crippen LogP contribution >= 0.6 is 0 Å². The van der Waals surface area contributed by atoms with Crippen molar-refractivity contribution in [1.29, 1.82) is 0 Å². The van der Waals surface area contributed by atoms with Gasteiger partial charge in [0.15, 0.2) is 0 Å². The lowest BCUT2D eigenvalue weighted by Gasteiger charge is -2.28. The van der Waals surface area contributed by atoms with E-state index >= 15 is 0 Å². The predicted octanol–water partition coefficient (Wildman–Crippen LogP) is 5.25. The summed E-state index contributed by atoms with van der Waals surface area (Å²) in [4.78, 5) is 23.9. The molecular formula is C28H36N2O5. The van der Waals surface area contributed by atoms with E-state index in [1.54, 1.807) is 12.1 Å². The predicted molar refractivity (Wildman–Crippen MR) is 138 cm³/mol. The lowest BCUT2D eigenvalue weighted by Crippen LogP contribution is -2.20. The largest absolute Gasteiger partial charge is 0.493 e. The molecule has 0 aliphatic heterocycles. The first-order valence-electron chi connectivity index (χ1n) is 12.3. The second kappa shape index (κ2) is 13.4. The summed E-state index contributed by atoms with van der Waals surface area (Å²) in [6, 6.07) is 12.1. The van der Waals surface area contributed by atoms with Crippen molar-refractivity contribution in [2.24, 2.45) is 11.8 Å². The average Bonchev–Trinajstić information content (AvgIpc) is 2.85. The standard InChI is InChI=1S/C28H36N2O5/c1-2-3-20-4-6-22(7-5-20)19-35-26-11-8-21(9-12-26)10-13-27(31)33-14-15-34-28(32)23-16-24(29)18-25(30)17-23/h8-13,16-18,20,22H,2-7,14-15,19,29-30H2,1H3. The molecule has 1 saturated carbocycles. The van der Waals surface area contributed by atoms with Gasteiger partial charge in [-0.3, -0.25) is 0 Å². The Kier molecular flexibility index (Phi) is 10.0. The summed E-state index contributed by atoms with van der Waals surface area (Å²) in [5.74, 6) is 1.28. The van der Waals surface area contributed by atoms with E-state index in [1.165, 1.54) is 56.7 Å². The van der Waals surface area contributed by atoms with Gasteiger partial charge in [-0.2, -0.15) is 0 Å². The molecule has 1 aliphatic rings. The highest BCUT2D eigenvalue weighted by Crippen LogP contribution is 2.32. The molecule has 1 fully saturated rings. The smallest absolute Gasteiger partial charge is 0.338 e. The molecule has 4 N–H and O–H groups in total. The first-order chi connectivity index (χ1) is 16.9. The minimum absolute atomic E-state index is 0.0557. The molecule has 7 nitrogen and oxygen atoms in total. The Morgan fingerprint density at radius 3 is 2.20 bits per heavy atom. The summed E-state index contributed by atoms with van der Waals surface area (Å²) in [5, 5.41) is 0. The molecule has 188 valence electrons. The Labute approximate surface area is 207 Å². The maximum Gasteiger partial charge on any atom is 0.338 e. The van der Waals surface area contributed by atoms with E-state index < -0.39 is 11.9 Å². The molecule has 0 bridgehead atoms. The summed E-state index contributed by atoms with van der Waals surface area (Å²) >= 11 is 0. The number of ether oxygens (including phenoxy) is 3. The number of anilines is 2. The van der Waals surface area contributed by atoms with Crippen molar-refractivity contribution in [3.05, 3.63) is 59.7 Å². The highest BCUT2D eigenvalue weighted by atomic mass is 16.6. The molecule has 0 radical (unpaired) electrons. The number of hydrogen-bond donors (Lipinski definition) is 2. The molecule has 2 aromatic rings. The Balaban J connectivity index is 1.33. The topological polar surface area (TPSA) is 114 Å². The van der Waals surface area contributed by atoms with Gasteiger partial charge in [0, 0.05) is 17.5 Å². The lowest BCUT2D eigenvalue weighted by molar-refractivity contribution is -0.138. The van der Waals surface area contributed by atoms with Crippen LogP contribution in [0.3, 0.4) is 0 Å². The van der Waals surface area contributed by atoms with Crippen LogP contribution in [0.15, 0.2) is 48.5 Å². The van der Waals surface area contributed by atoms with Crippen LogP contribution in [0.25, 0.3) is 6.08 Å². The zero-order chi connectivity index (χ0) is 25.0. The molecule has 0 saturated heterocycles. The van der Waals surface area contributed by atoms with Crippen LogP contribution in [0.2, 0.25) is 0 Å². The molecule has 3 rings (SSSR count). The van der Waals surface area contributed by atoms with E-state index in [1.807, 2.05) is 24.3 Å². The first-order valence-corrected chi connectivity index (χ1v) is 12.3. The van der Waals surface area contributed by atoms with Crippen LogP contribution in [0.1, 0.15) is 61.4 Å². The number of carbonyl (C=O) groups is 2. The summed E-state index contributed by atoms with van der Waals surface area (Å²) in [7, 11) is 0. The zero-order valence-corrected chi connectivity index (χ0v) is 20.4. The van der Waals surface area contributed by atoms with Gasteiger partial charge >= 0.3 is 11.9 Å². The number of esters is 2. The molecule has 35 heavy (non-hydrogen) atoms. The second-order valence-electron chi connectivity index (χ2n) is 9.08. The minimum Gasteiger partial charge on any atom is -0.493 e. The van der Waals surface area contributed by atoms with Crippen molar-refractivity contribution >= 4 is 29.4 Å². The molecule has 7 heteroatoms. The number of nitrogen functional groups attached to an aromatic ring is 2. The maximum absolute atomic E-state index is 12.0. The van der Waals surface area contributed by atoms with Crippen LogP contribution in [-0.4, -0.2) is 31.8 Å². The number of nitrogens with two attached hydrogens (primary N) is 2. The van der Waals surface area contributed by atoms with E-state index in [0.29, 0.717) is 17.3 Å². The van der Waals surface area contributed by atoms with Crippen molar-refractivity contribution in [2.75, 3.05) is 31.3 Å². The molecule has 1 aliphatic carbocycles. The summed E-state index contributed by atoms with van der Waals surface area (Å²) in [6.07, 6.45) is 10.8. The van der Waals surface area contributed by atoms with Gasteiger partial charge in [-0.15, -0.1) is 0 Å². The Morgan fingerprint density at radius 2 is 1.54 bits per heavy atom. The van der Waals surface area contributed by atoms with Gasteiger partial charge in [-0.25, -0.2) is 9.59 Å². The second-order valence-corrected chi connectivity index (χ2v) is 9.08. The monoisotopic (exact) mass is 480 g/mol. The van der Waals surface area contributed by atoms with Crippen LogP contribution in [0.4, 0.5) is 11.4 Å². The highest BCUT2D eigenvalue weighted by Gasteiger charge is 2.21. The number of benzene rings is 2. The number of hydrogen-bond acceptors (Lipinski definition) is 7. The van der Waals surface area contributed by atoms with Crippen molar-refractivity contribution in [3.8, 4) is 5.75 Å². The summed E-state index contributed by atoms with van der Waals surface area (Å²) in [5.41, 5.74) is 13.2. The fourth-order valence-corrected chi connectivity index (χ4v) is 4.35. The lowest BCUT2D eigenvalue weighted by atomic mass is 9.80. The Morgan fingerprint density at radius 1 is 0.914 bits per heavy atom. The SMILES string of the molecule is CCCC1CCC(COc2ccc(C=CC(=O)OCCOC(=O)c3cc(N)cc(N)c3)cc2)CC1. The van der Waals surface area contributed by atoms with Gasteiger partial charge in [-0.05, 0) is 66.6 Å². The third-order valence-electron chi connectivity index (χ3n) is 6.22. The first kappa shape index (κ1) is 26.1. The minimum atomic E-state index is -0.581. The van der Waals surface area contributed by atoms with Crippen molar-refractivity contribution in [3.63, 3.8) is 0 Å². The fraction of sp³-hybridized carbons (Fsp3) is 0.429. The summed E-state index contributed by atoms with van der Waals surface area (Å²) < 4.78 is 16.1. The molecule has 0 amide bonds. The third kappa shape index (κ3) is 9.00. The van der Waals surface area contributed by atoms with Crippen LogP contribution in [-0.2, 0) is 14.3 Å². The van der Waals surface area contributed by atoms with Crippen molar-refractivity contribution < 1.29 is 23.8 Å². The average molecular weight is 481 g/mol. The van der Waals surface area contributed by atoms with E-state index in [2.05, 4.69) is 6.92 Å². The zero-order valence-electron chi connectivity index (χ0n) is 20.4. The molecular weight excluding hydrogens is 444 g/mol. The van der Waals surface area contributed by atoms with E-state index in [-0.39, 0.29) is 18.8 Å². The van der Waals surface area contributed by atoms with Gasteiger partial charge in [0.05, 0.1) is 12.2 Å². The van der Waals surface area contributed by atoms with Crippen LogP contribution in [0, 0.1) is 11.8 Å². The highest BCUT2D eigenvalue weighted by molar-refractivity contribution is 5.91. The molecule has 2 aromatic carbocycles. The number of rotatable bonds is 11. The van der Waals surface area contributed by atoms with Crippen LogP contribution in [0.5, 0.6) is 5.75 Å². The van der Waals surface area contributed by atoms with E-state index in [0.717, 1.165) is 23.8 Å². The van der Waals surface area contributed by atoms with Crippen LogP contribution < -0.4 is 16.2 Å². The van der Waals surface area contributed by atoms with Gasteiger partial charge in [0.25, 0.3) is 0 Å². The van der Waals surface area contributed by atoms with Gasteiger partial charge in [-0.1, -0.05) is 44.7 Å². The maximum atomic E-state index is 12.0. The quantitative estimate of drug-likeness (QED) is 0.195. The Hall–Kier alpha value is -3.48. The number of carbonyl (C=O) groups excluding carboxylic acids is 2. The molecule has 0 heterocycles. The van der Waals surface area contributed by atoms with Gasteiger partial charge < -0.3 is 25.7 Å². The molecule has 0 aromatic heterocycles. The molecule has 0 atom stereocenters. The third-order valence-corrected chi connectivity index (χ3v) is 6.22. The molecule has 0 unspecified atom stereocenters. The van der Waals surface area contributed by atoms with E-state index in [9.17, 15) is 9.59 Å². The molecule has 0 spiro atoms. The van der Waals surface area contributed by atoms with E-state index in [4.69, 9.17) is 25.7 Å². The van der Waals surface area contributed by atoms with Crippen molar-refractivity contribution in [1.82, 2.24) is 0 Å². The fourth-order valence-electron chi connectivity index (χ4n) is 4.35. The summed E-state index contributed by atoms with van der Waals surface area (Å²) in [6.45, 7) is 2.90. The van der Waals surface area contributed by atoms with Gasteiger partial charge in [0.2, 0.25) is 0 Å². The van der Waals surface area contributed by atoms with Crippen molar-refractivity contribution in [2.45, 2.75) is 45.4 Å². The Bertz CT molecular complexity index is 975.